The van der Waals surface area contributed by atoms with Crippen molar-refractivity contribution < 1.29 is 17.9 Å². The monoisotopic (exact) mass is 188 g/mol. The van der Waals surface area contributed by atoms with Crippen molar-refractivity contribution in [1.29, 1.82) is 0 Å². The van der Waals surface area contributed by atoms with E-state index in [2.05, 4.69) is 0 Å². The van der Waals surface area contributed by atoms with Crippen LogP contribution in [0.25, 0.3) is 0 Å². The van der Waals surface area contributed by atoms with Gasteiger partial charge in [0.05, 0.1) is 12.6 Å². The highest BCUT2D eigenvalue weighted by Gasteiger charge is 2.21. The SMILES string of the molecule is CCCCC(CN(F)F)N(F)F. The molecule has 1 unspecified atom stereocenters. The summed E-state index contributed by atoms with van der Waals surface area (Å²) in [5, 5.41) is -2.37. The molecule has 0 fully saturated rings. The summed E-state index contributed by atoms with van der Waals surface area (Å²) in [6.07, 6.45) is 1.35. The fourth-order valence-electron chi connectivity index (χ4n) is 0.850. The first-order valence-electron chi connectivity index (χ1n) is 3.77. The van der Waals surface area contributed by atoms with Gasteiger partial charge >= 0.3 is 0 Å². The molecule has 74 valence electrons. The molecule has 0 aromatic rings. The lowest BCUT2D eigenvalue weighted by atomic mass is 10.1. The number of rotatable bonds is 6. The van der Waals surface area contributed by atoms with E-state index in [1.165, 1.54) is 0 Å². The van der Waals surface area contributed by atoms with E-state index in [0.29, 0.717) is 6.42 Å². The van der Waals surface area contributed by atoms with E-state index >= 15 is 0 Å². The average molecular weight is 188 g/mol. The minimum Gasteiger partial charge on any atom is -0.101 e. The van der Waals surface area contributed by atoms with Crippen LogP contribution in [0, 0.1) is 0 Å². The van der Waals surface area contributed by atoms with Gasteiger partial charge in [-0.15, -0.1) is 17.9 Å². The molecule has 0 aliphatic carbocycles. The Labute approximate surface area is 68.5 Å². The zero-order valence-corrected chi connectivity index (χ0v) is 6.81. The van der Waals surface area contributed by atoms with Gasteiger partial charge in [-0.25, -0.2) is 0 Å². The molecule has 0 rings (SSSR count). The van der Waals surface area contributed by atoms with Crippen molar-refractivity contribution >= 4 is 0 Å². The highest BCUT2D eigenvalue weighted by molar-refractivity contribution is 4.61. The molecule has 0 aromatic carbocycles. The summed E-state index contributed by atoms with van der Waals surface area (Å²) in [5.74, 6) is 0. The van der Waals surface area contributed by atoms with Gasteiger partial charge in [0.2, 0.25) is 0 Å². The predicted molar refractivity (Wildman–Crippen MR) is 36.3 cm³/mol. The van der Waals surface area contributed by atoms with Crippen LogP contribution in [0.5, 0.6) is 0 Å². The number of unbranched alkanes of at least 4 members (excludes halogenated alkanes) is 1. The summed E-state index contributed by atoms with van der Waals surface area (Å²) < 4.78 is 46.8. The predicted octanol–water partition coefficient (Wildman–Crippen LogP) is 2.69. The van der Waals surface area contributed by atoms with E-state index in [1.807, 2.05) is 6.92 Å². The maximum atomic E-state index is 11.9. The van der Waals surface area contributed by atoms with E-state index in [1.54, 1.807) is 0 Å². The van der Waals surface area contributed by atoms with Gasteiger partial charge in [-0.3, -0.25) is 0 Å². The van der Waals surface area contributed by atoms with E-state index < -0.39 is 23.3 Å². The molecule has 0 N–H and O–H groups in total. The second-order valence-electron chi connectivity index (χ2n) is 2.54. The van der Waals surface area contributed by atoms with Crippen LogP contribution in [-0.4, -0.2) is 23.3 Å². The Morgan fingerprint density at radius 2 is 1.75 bits per heavy atom. The van der Waals surface area contributed by atoms with Crippen LogP contribution in [0.15, 0.2) is 0 Å². The van der Waals surface area contributed by atoms with Crippen molar-refractivity contribution in [1.82, 2.24) is 10.7 Å². The molecule has 0 aliphatic rings. The van der Waals surface area contributed by atoms with Crippen molar-refractivity contribution in [3.05, 3.63) is 0 Å². The van der Waals surface area contributed by atoms with Crippen LogP contribution in [-0.2, 0) is 0 Å². The van der Waals surface area contributed by atoms with Gasteiger partial charge in [-0.1, -0.05) is 19.8 Å². The van der Waals surface area contributed by atoms with Crippen LogP contribution in [0.3, 0.4) is 0 Å². The Balaban J connectivity index is 3.70. The maximum absolute atomic E-state index is 11.9. The number of hydrogen-bond acceptors (Lipinski definition) is 2. The van der Waals surface area contributed by atoms with Crippen molar-refractivity contribution in [3.8, 4) is 0 Å². The molecule has 0 bridgehead atoms. The van der Waals surface area contributed by atoms with Crippen LogP contribution >= 0.6 is 0 Å². The summed E-state index contributed by atoms with van der Waals surface area (Å²) >= 11 is 0. The van der Waals surface area contributed by atoms with Crippen LogP contribution in [0.4, 0.5) is 17.9 Å². The molecule has 1 atom stereocenters. The van der Waals surface area contributed by atoms with Gasteiger partial charge in [0.15, 0.2) is 0 Å². The van der Waals surface area contributed by atoms with Gasteiger partial charge in [-0.2, -0.15) is 0 Å². The molecule has 2 nitrogen and oxygen atoms in total. The highest BCUT2D eigenvalue weighted by atomic mass is 19.4. The first-order chi connectivity index (χ1) is 5.57. The zero-order valence-electron chi connectivity index (χ0n) is 6.81. The molecule has 12 heavy (non-hydrogen) atoms. The molecular weight excluding hydrogens is 176 g/mol. The summed E-state index contributed by atoms with van der Waals surface area (Å²) in [4.78, 5) is 0. The lowest BCUT2D eigenvalue weighted by molar-refractivity contribution is -0.231. The van der Waals surface area contributed by atoms with Crippen molar-refractivity contribution in [2.24, 2.45) is 0 Å². The second-order valence-corrected chi connectivity index (χ2v) is 2.54. The van der Waals surface area contributed by atoms with E-state index in [4.69, 9.17) is 0 Å². The molecule has 0 aliphatic heterocycles. The minimum atomic E-state index is -1.36. The molecule has 0 aromatic heterocycles. The van der Waals surface area contributed by atoms with Gasteiger partial charge in [0.1, 0.15) is 0 Å². The van der Waals surface area contributed by atoms with Crippen LogP contribution in [0.2, 0.25) is 0 Å². The maximum Gasteiger partial charge on any atom is 0.0911 e. The van der Waals surface area contributed by atoms with Gasteiger partial charge in [0, 0.05) is 10.7 Å². The molecule has 0 saturated heterocycles. The zero-order chi connectivity index (χ0) is 9.56. The normalized spacial score (nSPS) is 14.2. The first-order valence-corrected chi connectivity index (χ1v) is 3.77. The molecule has 0 saturated carbocycles. The van der Waals surface area contributed by atoms with Gasteiger partial charge in [-0.05, 0) is 6.42 Å². The Morgan fingerprint density at radius 3 is 2.08 bits per heavy atom. The molecule has 0 spiro atoms. The smallest absolute Gasteiger partial charge is 0.0911 e. The first kappa shape index (κ1) is 11.6. The topological polar surface area (TPSA) is 6.48 Å². The third-order valence-corrected chi connectivity index (χ3v) is 1.52. The summed E-state index contributed by atoms with van der Waals surface area (Å²) in [7, 11) is 0. The average Bonchev–Trinajstić information content (AvgIpc) is 1.96. The second kappa shape index (κ2) is 6.19. The third kappa shape index (κ3) is 5.31. The molecule has 0 heterocycles. The number of halogens is 4. The number of hydrogen-bond donors (Lipinski definition) is 0. The van der Waals surface area contributed by atoms with E-state index in [9.17, 15) is 17.9 Å². The lowest BCUT2D eigenvalue weighted by Gasteiger charge is -2.15. The fraction of sp³-hybridized carbons (Fsp3) is 1.00. The van der Waals surface area contributed by atoms with Crippen molar-refractivity contribution in [2.75, 3.05) is 6.54 Å². The molecule has 0 amide bonds. The molecule has 0 radical (unpaired) electrons. The number of nitrogens with zero attached hydrogens (tertiary/aromatic N) is 2. The summed E-state index contributed by atoms with van der Waals surface area (Å²) in [6, 6.07) is -1.36. The fourth-order valence-corrected chi connectivity index (χ4v) is 0.850. The van der Waals surface area contributed by atoms with E-state index in [-0.39, 0.29) is 6.42 Å². The molecule has 6 heteroatoms. The Hall–Kier alpha value is -0.360. The highest BCUT2D eigenvalue weighted by Crippen LogP contribution is 2.12. The van der Waals surface area contributed by atoms with Gasteiger partial charge < -0.3 is 0 Å². The summed E-state index contributed by atoms with van der Waals surface area (Å²) in [6.45, 7) is 0.910. The van der Waals surface area contributed by atoms with Crippen LogP contribution < -0.4 is 0 Å². The minimum absolute atomic E-state index is 0.0911. The Kier molecular flexibility index (Phi) is 6.00. The van der Waals surface area contributed by atoms with Gasteiger partial charge in [0.25, 0.3) is 0 Å². The van der Waals surface area contributed by atoms with E-state index in [0.717, 1.165) is 6.42 Å². The van der Waals surface area contributed by atoms with Crippen molar-refractivity contribution in [2.45, 2.75) is 32.2 Å². The van der Waals surface area contributed by atoms with Crippen molar-refractivity contribution in [3.63, 3.8) is 0 Å². The quantitative estimate of drug-likeness (QED) is 0.467. The lowest BCUT2D eigenvalue weighted by Crippen LogP contribution is -2.30. The standard InChI is InChI=1S/C6H12F4N2/c1-2-3-4-6(12(9)10)5-11(7)8/h6H,2-5H2,1H3. The van der Waals surface area contributed by atoms with Crippen LogP contribution in [0.1, 0.15) is 26.2 Å². The largest absolute Gasteiger partial charge is 0.101 e. The Morgan fingerprint density at radius 1 is 1.17 bits per heavy atom. The summed E-state index contributed by atoms with van der Waals surface area (Å²) in [5.41, 5.74) is 0. The third-order valence-electron chi connectivity index (χ3n) is 1.52. The molecular formula is C6H12F4N2. The Bertz CT molecular complexity index is 110.